The van der Waals surface area contributed by atoms with Crippen molar-refractivity contribution in [2.24, 2.45) is 0 Å². The summed E-state index contributed by atoms with van der Waals surface area (Å²) in [7, 11) is -6.87. The lowest BCUT2D eigenvalue weighted by Gasteiger charge is -2.06. The molecule has 4 nitrogen and oxygen atoms in total. The fourth-order valence-corrected chi connectivity index (χ4v) is 10.4. The molecule has 8 heteroatoms. The maximum atomic E-state index is 13.1. The van der Waals surface area contributed by atoms with Gasteiger partial charge in [0, 0.05) is 29.3 Å². The van der Waals surface area contributed by atoms with E-state index < -0.39 is 19.7 Å². The van der Waals surface area contributed by atoms with Crippen LogP contribution >= 0.6 is 22.7 Å². The molecule has 0 N–H and O–H groups in total. The van der Waals surface area contributed by atoms with E-state index in [-0.39, 0.29) is 0 Å². The van der Waals surface area contributed by atoms with Crippen molar-refractivity contribution in [1.82, 2.24) is 0 Å². The number of thiophene rings is 2. The average Bonchev–Trinajstić information content (AvgIpc) is 3.61. The number of hydrogen-bond acceptors (Lipinski definition) is 6. The molecule has 0 fully saturated rings. The van der Waals surface area contributed by atoms with E-state index >= 15 is 0 Å². The minimum atomic E-state index is -3.44. The zero-order valence-electron chi connectivity index (χ0n) is 21.0. The molecule has 0 saturated heterocycles. The first kappa shape index (κ1) is 27.3. The van der Waals surface area contributed by atoms with Gasteiger partial charge < -0.3 is 0 Å². The first-order valence-corrected chi connectivity index (χ1v) is 17.4. The smallest absolute Gasteiger partial charge is 0.204 e. The van der Waals surface area contributed by atoms with Gasteiger partial charge in [-0.15, -0.1) is 22.7 Å². The topological polar surface area (TPSA) is 68.3 Å². The Morgan fingerprint density at radius 3 is 1.31 bits per heavy atom. The molecular weight excluding hydrogens is 529 g/mol. The molecule has 4 heterocycles. The highest BCUT2D eigenvalue weighted by molar-refractivity contribution is 8.05. The molecule has 0 amide bonds. The highest BCUT2D eigenvalue weighted by Crippen LogP contribution is 2.44. The van der Waals surface area contributed by atoms with E-state index in [1.54, 1.807) is 24.3 Å². The van der Waals surface area contributed by atoms with Gasteiger partial charge in [-0.2, -0.15) is 0 Å². The normalized spacial score (nSPS) is 18.2. The Bertz CT molecular complexity index is 1320. The second-order valence-electron chi connectivity index (χ2n) is 9.28. The lowest BCUT2D eigenvalue weighted by molar-refractivity contribution is 0.605. The van der Waals surface area contributed by atoms with Crippen molar-refractivity contribution in [3.63, 3.8) is 0 Å². The summed E-state index contributed by atoms with van der Waals surface area (Å²) in [6.07, 6.45) is 16.5. The first-order chi connectivity index (χ1) is 17.3. The van der Waals surface area contributed by atoms with Crippen LogP contribution in [-0.4, -0.2) is 16.8 Å². The molecule has 194 valence electrons. The Balaban J connectivity index is 1.43. The largest absolute Gasteiger partial charge is 0.219 e. The molecule has 0 aromatic carbocycles. The van der Waals surface area contributed by atoms with Crippen LogP contribution in [0.3, 0.4) is 0 Å². The summed E-state index contributed by atoms with van der Waals surface area (Å²) in [6, 6.07) is 7.58. The van der Waals surface area contributed by atoms with Crippen molar-refractivity contribution in [3.8, 4) is 9.75 Å². The molecule has 0 bridgehead atoms. The second kappa shape index (κ2) is 11.8. The minimum absolute atomic E-state index is 0.374. The van der Waals surface area contributed by atoms with Gasteiger partial charge in [0.2, 0.25) is 19.7 Å². The van der Waals surface area contributed by atoms with Crippen LogP contribution in [0, 0.1) is 0 Å². The summed E-state index contributed by atoms with van der Waals surface area (Å²) in [6.45, 7) is 4.28. The monoisotopic (exact) mass is 562 g/mol. The average molecular weight is 563 g/mol. The summed E-state index contributed by atoms with van der Waals surface area (Å²) < 4.78 is 52.3. The third-order valence-corrected chi connectivity index (χ3v) is 13.2. The van der Waals surface area contributed by atoms with E-state index in [0.29, 0.717) is 32.5 Å². The number of rotatable bonds is 13. The summed E-state index contributed by atoms with van der Waals surface area (Å²) >= 11 is 2.88. The fourth-order valence-electron chi connectivity index (χ4n) is 4.50. The van der Waals surface area contributed by atoms with Gasteiger partial charge in [-0.25, -0.2) is 16.8 Å². The Morgan fingerprint density at radius 1 is 0.528 bits per heavy atom. The van der Waals surface area contributed by atoms with Crippen LogP contribution in [0.25, 0.3) is 19.6 Å². The van der Waals surface area contributed by atoms with E-state index in [2.05, 4.69) is 13.8 Å². The van der Waals surface area contributed by atoms with Crippen LogP contribution < -0.4 is 0 Å². The molecular formula is C28H34O4S4. The Labute approximate surface area is 224 Å². The lowest BCUT2D eigenvalue weighted by Crippen LogP contribution is -2.02. The van der Waals surface area contributed by atoms with Gasteiger partial charge in [-0.1, -0.05) is 52.4 Å². The van der Waals surface area contributed by atoms with Crippen molar-refractivity contribution < 1.29 is 16.8 Å². The highest BCUT2D eigenvalue weighted by Gasteiger charge is 2.31. The molecule has 0 spiro atoms. The third-order valence-electron chi connectivity index (χ3n) is 6.60. The van der Waals surface area contributed by atoms with Gasteiger partial charge in [0.1, 0.15) is 0 Å². The summed E-state index contributed by atoms with van der Waals surface area (Å²) in [5.41, 5.74) is 0. The minimum Gasteiger partial charge on any atom is -0.219 e. The maximum absolute atomic E-state index is 13.1. The van der Waals surface area contributed by atoms with Crippen LogP contribution in [-0.2, 0) is 19.7 Å². The molecule has 2 aromatic heterocycles. The molecule has 0 unspecified atom stereocenters. The molecule has 4 rings (SSSR count). The van der Waals surface area contributed by atoms with E-state index in [9.17, 15) is 16.8 Å². The van der Waals surface area contributed by atoms with Gasteiger partial charge in [-0.05, 0) is 74.3 Å². The SMILES string of the molecule is CCCCCCC1=CC=C(c2ccc(-c3ccc(C4=CC=C(CCCCCC)S4(=O)=O)s3)s2)S1(=O)=O. The van der Waals surface area contributed by atoms with Crippen molar-refractivity contribution in [1.29, 1.82) is 0 Å². The Morgan fingerprint density at radius 2 is 0.917 bits per heavy atom. The van der Waals surface area contributed by atoms with Gasteiger partial charge in [0.05, 0.1) is 9.81 Å². The zero-order valence-corrected chi connectivity index (χ0v) is 24.2. The summed E-state index contributed by atoms with van der Waals surface area (Å²) in [5.74, 6) is 0. The fraction of sp³-hybridized carbons (Fsp3) is 0.429. The Hall–Kier alpha value is -1.74. The van der Waals surface area contributed by atoms with E-state index in [1.807, 2.05) is 24.3 Å². The number of sulfone groups is 2. The van der Waals surface area contributed by atoms with Crippen LogP contribution in [0.2, 0.25) is 0 Å². The maximum Gasteiger partial charge on any atom is 0.204 e. The number of hydrogen-bond donors (Lipinski definition) is 0. The predicted molar refractivity (Wildman–Crippen MR) is 155 cm³/mol. The van der Waals surface area contributed by atoms with Gasteiger partial charge in [0.15, 0.2) is 0 Å². The Kier molecular flexibility index (Phi) is 8.92. The molecule has 2 aliphatic rings. The molecule has 36 heavy (non-hydrogen) atoms. The molecule has 0 radical (unpaired) electrons. The summed E-state index contributed by atoms with van der Waals surface area (Å²) in [4.78, 5) is 5.11. The van der Waals surface area contributed by atoms with E-state index in [4.69, 9.17) is 0 Å². The first-order valence-electron chi connectivity index (χ1n) is 12.8. The van der Waals surface area contributed by atoms with Crippen LogP contribution in [0.5, 0.6) is 0 Å². The van der Waals surface area contributed by atoms with Crippen molar-refractivity contribution in [2.75, 3.05) is 0 Å². The van der Waals surface area contributed by atoms with E-state index in [0.717, 1.165) is 70.9 Å². The van der Waals surface area contributed by atoms with Crippen molar-refractivity contribution in [2.45, 2.75) is 78.1 Å². The van der Waals surface area contributed by atoms with Crippen LogP contribution in [0.4, 0.5) is 0 Å². The molecule has 0 aliphatic carbocycles. The number of unbranched alkanes of at least 4 members (excludes halogenated alkanes) is 6. The van der Waals surface area contributed by atoms with Crippen LogP contribution in [0.1, 0.15) is 87.8 Å². The predicted octanol–water partition coefficient (Wildman–Crippen LogP) is 8.72. The van der Waals surface area contributed by atoms with Gasteiger partial charge in [0.25, 0.3) is 0 Å². The van der Waals surface area contributed by atoms with Crippen molar-refractivity contribution >= 4 is 52.2 Å². The van der Waals surface area contributed by atoms with E-state index in [1.165, 1.54) is 22.7 Å². The molecule has 0 atom stereocenters. The quantitative estimate of drug-likeness (QED) is 0.229. The second-order valence-corrected chi connectivity index (χ2v) is 15.4. The molecule has 2 aliphatic heterocycles. The number of allylic oxidation sites excluding steroid dienone is 6. The highest BCUT2D eigenvalue weighted by atomic mass is 32.2. The third kappa shape index (κ3) is 5.72. The zero-order chi connectivity index (χ0) is 25.8. The molecule has 0 saturated carbocycles. The van der Waals surface area contributed by atoms with Crippen molar-refractivity contribution in [3.05, 3.63) is 68.1 Å². The van der Waals surface area contributed by atoms with Crippen LogP contribution in [0.15, 0.2) is 58.4 Å². The van der Waals surface area contributed by atoms with Gasteiger partial charge in [-0.3, -0.25) is 0 Å². The standard InChI is InChI=1S/C28H34O4S4/c1-3-5-7-9-11-21-13-19-27(35(21,29)30)25-17-15-23(33-25)24-16-18-26(34-24)28-20-14-22(36(28,31)32)12-10-8-6-4-2/h13-20H,3-12H2,1-2H3. The summed E-state index contributed by atoms with van der Waals surface area (Å²) in [5, 5.41) is 0. The lowest BCUT2D eigenvalue weighted by atomic mass is 10.1. The van der Waals surface area contributed by atoms with Gasteiger partial charge >= 0.3 is 0 Å². The molecule has 2 aromatic rings.